The standard InChI is InChI=1S/C17H13ClN4O4/c1-10(19-16(23)12-3-2-4-14(9-12)22(24)25)17-20-15(21-26-17)11-5-7-13(18)8-6-11/h2-10H,1H3,(H,19,23)/t10-/m0/s1. The highest BCUT2D eigenvalue weighted by Crippen LogP contribution is 2.21. The molecule has 0 bridgehead atoms. The molecule has 9 heteroatoms. The SMILES string of the molecule is C[C@H](NC(=O)c1cccc([N+](=O)[O-])c1)c1nc(-c2ccc(Cl)cc2)no1. The van der Waals surface area contributed by atoms with Gasteiger partial charge < -0.3 is 9.84 Å². The zero-order valence-corrected chi connectivity index (χ0v) is 14.3. The first kappa shape index (κ1) is 17.6. The lowest BCUT2D eigenvalue weighted by Crippen LogP contribution is -2.26. The van der Waals surface area contributed by atoms with Gasteiger partial charge in [-0.25, -0.2) is 0 Å². The molecule has 2 aromatic carbocycles. The summed E-state index contributed by atoms with van der Waals surface area (Å²) < 4.78 is 5.19. The van der Waals surface area contributed by atoms with Crippen molar-refractivity contribution < 1.29 is 14.2 Å². The summed E-state index contributed by atoms with van der Waals surface area (Å²) in [5.41, 5.74) is 0.734. The molecule has 26 heavy (non-hydrogen) atoms. The van der Waals surface area contributed by atoms with Crippen LogP contribution in [0.2, 0.25) is 5.02 Å². The van der Waals surface area contributed by atoms with Gasteiger partial charge in [0.25, 0.3) is 11.6 Å². The van der Waals surface area contributed by atoms with Crippen LogP contribution in [0.15, 0.2) is 53.1 Å². The van der Waals surface area contributed by atoms with Gasteiger partial charge in [-0.3, -0.25) is 14.9 Å². The average molecular weight is 373 g/mol. The molecule has 0 aliphatic carbocycles. The van der Waals surface area contributed by atoms with E-state index < -0.39 is 16.9 Å². The number of carbonyl (C=O) groups excluding carboxylic acids is 1. The van der Waals surface area contributed by atoms with Crippen molar-refractivity contribution in [3.8, 4) is 11.4 Å². The van der Waals surface area contributed by atoms with E-state index in [0.29, 0.717) is 10.8 Å². The smallest absolute Gasteiger partial charge is 0.270 e. The van der Waals surface area contributed by atoms with Crippen molar-refractivity contribution in [1.29, 1.82) is 0 Å². The maximum atomic E-state index is 12.3. The van der Waals surface area contributed by atoms with E-state index in [4.69, 9.17) is 16.1 Å². The van der Waals surface area contributed by atoms with Gasteiger partial charge in [0.2, 0.25) is 11.7 Å². The molecular weight excluding hydrogens is 360 g/mol. The Bertz CT molecular complexity index is 955. The number of halogens is 1. The molecule has 3 rings (SSSR count). The third kappa shape index (κ3) is 3.86. The molecule has 1 aromatic heterocycles. The van der Waals surface area contributed by atoms with Crippen LogP contribution < -0.4 is 5.32 Å². The lowest BCUT2D eigenvalue weighted by molar-refractivity contribution is -0.384. The summed E-state index contributed by atoms with van der Waals surface area (Å²) in [5.74, 6) is 0.106. The van der Waals surface area contributed by atoms with Gasteiger partial charge in [0, 0.05) is 28.3 Å². The molecular formula is C17H13ClN4O4. The number of aromatic nitrogens is 2. The van der Waals surface area contributed by atoms with E-state index in [0.717, 1.165) is 5.56 Å². The Hall–Kier alpha value is -3.26. The fourth-order valence-electron chi connectivity index (χ4n) is 2.23. The first-order valence-electron chi connectivity index (χ1n) is 7.59. The number of hydrogen-bond donors (Lipinski definition) is 1. The molecule has 1 atom stereocenters. The molecule has 8 nitrogen and oxygen atoms in total. The lowest BCUT2D eigenvalue weighted by atomic mass is 10.2. The van der Waals surface area contributed by atoms with Crippen molar-refractivity contribution >= 4 is 23.2 Å². The summed E-state index contributed by atoms with van der Waals surface area (Å²) in [6, 6.07) is 11.8. The van der Waals surface area contributed by atoms with Gasteiger partial charge in [0.1, 0.15) is 6.04 Å². The number of rotatable bonds is 5. The van der Waals surface area contributed by atoms with Crippen LogP contribution in [0.25, 0.3) is 11.4 Å². The van der Waals surface area contributed by atoms with Crippen LogP contribution in [0.5, 0.6) is 0 Å². The Morgan fingerprint density at radius 1 is 1.27 bits per heavy atom. The van der Waals surface area contributed by atoms with E-state index in [9.17, 15) is 14.9 Å². The fourth-order valence-corrected chi connectivity index (χ4v) is 2.36. The zero-order valence-electron chi connectivity index (χ0n) is 13.5. The number of amides is 1. The summed E-state index contributed by atoms with van der Waals surface area (Å²) >= 11 is 5.85. The van der Waals surface area contributed by atoms with Crippen LogP contribution >= 0.6 is 11.6 Å². The highest BCUT2D eigenvalue weighted by Gasteiger charge is 2.19. The molecule has 0 saturated carbocycles. The molecule has 0 spiro atoms. The monoisotopic (exact) mass is 372 g/mol. The number of non-ortho nitro benzene ring substituents is 1. The van der Waals surface area contributed by atoms with Crippen molar-refractivity contribution in [3.63, 3.8) is 0 Å². The van der Waals surface area contributed by atoms with E-state index in [2.05, 4.69) is 15.5 Å². The minimum atomic E-state index is -0.574. The van der Waals surface area contributed by atoms with Crippen LogP contribution in [0.3, 0.4) is 0 Å². The predicted molar refractivity (Wildman–Crippen MR) is 93.7 cm³/mol. The Balaban J connectivity index is 1.73. The topological polar surface area (TPSA) is 111 Å². The Kier molecular flexibility index (Phi) is 4.94. The zero-order chi connectivity index (χ0) is 18.7. The average Bonchev–Trinajstić information content (AvgIpc) is 3.12. The van der Waals surface area contributed by atoms with Crippen LogP contribution in [0.1, 0.15) is 29.2 Å². The second kappa shape index (κ2) is 7.32. The number of hydrogen-bond acceptors (Lipinski definition) is 6. The molecule has 1 heterocycles. The van der Waals surface area contributed by atoms with E-state index >= 15 is 0 Å². The number of carbonyl (C=O) groups is 1. The van der Waals surface area contributed by atoms with Gasteiger partial charge in [0.05, 0.1) is 4.92 Å². The van der Waals surface area contributed by atoms with E-state index in [1.165, 1.54) is 24.3 Å². The quantitative estimate of drug-likeness (QED) is 0.538. The molecule has 0 aliphatic heterocycles. The van der Waals surface area contributed by atoms with Crippen LogP contribution in [-0.2, 0) is 0 Å². The van der Waals surface area contributed by atoms with Crippen molar-refractivity contribution in [2.75, 3.05) is 0 Å². The number of nitro benzene ring substituents is 1. The van der Waals surface area contributed by atoms with Gasteiger partial charge in [-0.1, -0.05) is 22.8 Å². The molecule has 0 radical (unpaired) electrons. The third-order valence-electron chi connectivity index (χ3n) is 3.58. The van der Waals surface area contributed by atoms with Crippen LogP contribution in [-0.4, -0.2) is 21.0 Å². The molecule has 1 amide bonds. The molecule has 132 valence electrons. The third-order valence-corrected chi connectivity index (χ3v) is 3.83. The lowest BCUT2D eigenvalue weighted by Gasteiger charge is -2.09. The number of nitrogens with one attached hydrogen (secondary N) is 1. The van der Waals surface area contributed by atoms with E-state index in [1.807, 2.05) is 0 Å². The highest BCUT2D eigenvalue weighted by molar-refractivity contribution is 6.30. The van der Waals surface area contributed by atoms with Crippen molar-refractivity contribution in [1.82, 2.24) is 15.5 Å². The molecule has 0 saturated heterocycles. The second-order valence-corrected chi connectivity index (χ2v) is 5.90. The minimum Gasteiger partial charge on any atom is -0.341 e. The van der Waals surface area contributed by atoms with Crippen molar-refractivity contribution in [2.45, 2.75) is 13.0 Å². The Labute approximate surface area is 152 Å². The maximum Gasteiger partial charge on any atom is 0.270 e. The first-order chi connectivity index (χ1) is 12.4. The summed E-state index contributed by atoms with van der Waals surface area (Å²) in [4.78, 5) is 26.8. The number of nitro groups is 1. The Morgan fingerprint density at radius 2 is 2.00 bits per heavy atom. The van der Waals surface area contributed by atoms with Gasteiger partial charge >= 0.3 is 0 Å². The molecule has 0 aliphatic rings. The maximum absolute atomic E-state index is 12.3. The minimum absolute atomic E-state index is 0.159. The second-order valence-electron chi connectivity index (χ2n) is 5.47. The summed E-state index contributed by atoms with van der Waals surface area (Å²) in [5, 5.41) is 18.0. The van der Waals surface area contributed by atoms with Crippen LogP contribution in [0, 0.1) is 10.1 Å². The van der Waals surface area contributed by atoms with Gasteiger partial charge in [0.15, 0.2) is 0 Å². The van der Waals surface area contributed by atoms with Gasteiger partial charge in [-0.05, 0) is 37.3 Å². The molecule has 0 fully saturated rings. The number of nitrogens with zero attached hydrogens (tertiary/aromatic N) is 3. The largest absolute Gasteiger partial charge is 0.341 e. The molecule has 0 unspecified atom stereocenters. The van der Waals surface area contributed by atoms with Gasteiger partial charge in [-0.2, -0.15) is 4.98 Å². The van der Waals surface area contributed by atoms with Gasteiger partial charge in [-0.15, -0.1) is 0 Å². The van der Waals surface area contributed by atoms with E-state index in [-0.39, 0.29) is 17.1 Å². The van der Waals surface area contributed by atoms with Crippen molar-refractivity contribution in [3.05, 3.63) is 75.1 Å². The summed E-state index contributed by atoms with van der Waals surface area (Å²) in [6.07, 6.45) is 0. The fraction of sp³-hybridized carbons (Fsp3) is 0.118. The summed E-state index contributed by atoms with van der Waals surface area (Å²) in [6.45, 7) is 1.68. The van der Waals surface area contributed by atoms with Crippen LogP contribution in [0.4, 0.5) is 5.69 Å². The highest BCUT2D eigenvalue weighted by atomic mass is 35.5. The number of benzene rings is 2. The van der Waals surface area contributed by atoms with Crippen molar-refractivity contribution in [2.24, 2.45) is 0 Å². The molecule has 1 N–H and O–H groups in total. The predicted octanol–water partition coefficient (Wildman–Crippen LogP) is 3.79. The Morgan fingerprint density at radius 3 is 2.69 bits per heavy atom. The normalized spacial score (nSPS) is 11.8. The molecule has 3 aromatic rings. The van der Waals surface area contributed by atoms with E-state index in [1.54, 1.807) is 31.2 Å². The first-order valence-corrected chi connectivity index (χ1v) is 7.96. The summed E-state index contributed by atoms with van der Waals surface area (Å²) in [7, 11) is 0.